The van der Waals surface area contributed by atoms with Gasteiger partial charge < -0.3 is 20.3 Å². The molecule has 35 heavy (non-hydrogen) atoms. The van der Waals surface area contributed by atoms with Crippen molar-refractivity contribution in [1.29, 1.82) is 0 Å². The third kappa shape index (κ3) is 6.18. The van der Waals surface area contributed by atoms with Crippen LogP contribution in [0.1, 0.15) is 38.9 Å². The first-order valence-electron chi connectivity index (χ1n) is 11.1. The molecule has 0 bridgehead atoms. The molecule has 0 radical (unpaired) electrons. The van der Waals surface area contributed by atoms with Crippen molar-refractivity contribution in [2.24, 2.45) is 5.92 Å². The molecule has 1 saturated heterocycles. The zero-order chi connectivity index (χ0) is 24.8. The lowest BCUT2D eigenvalue weighted by molar-refractivity contribution is -0.117. The largest absolute Gasteiger partial charge is 0.497 e. The molecule has 0 spiro atoms. The molecule has 1 fully saturated rings. The van der Waals surface area contributed by atoms with Gasteiger partial charge in [0.1, 0.15) is 11.6 Å². The number of likely N-dealkylation sites (tertiary alicyclic amines) is 1. The summed E-state index contributed by atoms with van der Waals surface area (Å²) in [7, 11) is 1.56. The number of amides is 3. The quantitative estimate of drug-likeness (QED) is 0.513. The number of nitrogens with zero attached hydrogens (tertiary/aromatic N) is 3. The van der Waals surface area contributed by atoms with Crippen LogP contribution in [-0.2, 0) is 4.79 Å². The van der Waals surface area contributed by atoms with Gasteiger partial charge in [0.25, 0.3) is 11.8 Å². The molecule has 9 nitrogen and oxygen atoms in total. The summed E-state index contributed by atoms with van der Waals surface area (Å²) < 4.78 is 18.8. The number of piperidine rings is 1. The topological polar surface area (TPSA) is 114 Å². The van der Waals surface area contributed by atoms with Crippen molar-refractivity contribution < 1.29 is 23.5 Å². The lowest BCUT2D eigenvalue weighted by Gasteiger charge is -2.31. The third-order valence-electron chi connectivity index (χ3n) is 5.67. The van der Waals surface area contributed by atoms with Crippen molar-refractivity contribution >= 4 is 40.4 Å². The SMILES string of the molecule is COc1ccc(NC(=O)c2nnc(C(=O)N3CCC(CC(=O)Nc4ccccc4F)CC3)s2)cc1. The zero-order valence-corrected chi connectivity index (χ0v) is 19.8. The number of para-hydroxylation sites is 1. The van der Waals surface area contributed by atoms with Gasteiger partial charge in [-0.25, -0.2) is 4.39 Å². The van der Waals surface area contributed by atoms with Crippen LogP contribution in [0.3, 0.4) is 0 Å². The van der Waals surface area contributed by atoms with Crippen LogP contribution in [0.2, 0.25) is 0 Å². The molecular weight excluding hydrogens is 473 g/mol. The Balaban J connectivity index is 1.26. The van der Waals surface area contributed by atoms with E-state index in [1.165, 1.54) is 12.1 Å². The number of anilines is 2. The summed E-state index contributed by atoms with van der Waals surface area (Å²) in [6.07, 6.45) is 1.53. The van der Waals surface area contributed by atoms with E-state index in [1.807, 2.05) is 0 Å². The molecule has 3 aromatic rings. The lowest BCUT2D eigenvalue weighted by atomic mass is 9.93. The van der Waals surface area contributed by atoms with Crippen LogP contribution in [0, 0.1) is 11.7 Å². The fraction of sp³-hybridized carbons (Fsp3) is 0.292. The highest BCUT2D eigenvalue weighted by atomic mass is 32.1. The summed E-state index contributed by atoms with van der Waals surface area (Å²) in [5, 5.41) is 13.3. The number of benzene rings is 2. The molecule has 0 saturated carbocycles. The Morgan fingerprint density at radius 2 is 1.71 bits per heavy atom. The molecule has 0 unspecified atom stereocenters. The second-order valence-electron chi connectivity index (χ2n) is 8.06. The van der Waals surface area contributed by atoms with E-state index in [1.54, 1.807) is 48.4 Å². The fourth-order valence-corrected chi connectivity index (χ4v) is 4.47. The van der Waals surface area contributed by atoms with Crippen LogP contribution in [-0.4, -0.2) is 53.0 Å². The first-order valence-corrected chi connectivity index (χ1v) is 11.9. The Hall–Kier alpha value is -3.86. The monoisotopic (exact) mass is 497 g/mol. The highest BCUT2D eigenvalue weighted by Gasteiger charge is 2.28. The molecule has 2 heterocycles. The van der Waals surface area contributed by atoms with E-state index in [0.717, 1.165) is 11.3 Å². The maximum atomic E-state index is 13.7. The van der Waals surface area contributed by atoms with Crippen LogP contribution in [0.5, 0.6) is 5.75 Å². The number of aromatic nitrogens is 2. The Morgan fingerprint density at radius 3 is 2.40 bits per heavy atom. The molecule has 11 heteroatoms. The highest BCUT2D eigenvalue weighted by Crippen LogP contribution is 2.24. The van der Waals surface area contributed by atoms with Gasteiger partial charge in [-0.3, -0.25) is 14.4 Å². The lowest BCUT2D eigenvalue weighted by Crippen LogP contribution is -2.39. The second-order valence-corrected chi connectivity index (χ2v) is 9.04. The smallest absolute Gasteiger partial charge is 0.286 e. The minimum absolute atomic E-state index is 0.0869. The molecule has 1 aliphatic rings. The van der Waals surface area contributed by atoms with Gasteiger partial charge >= 0.3 is 0 Å². The van der Waals surface area contributed by atoms with E-state index in [-0.39, 0.29) is 39.9 Å². The van der Waals surface area contributed by atoms with Gasteiger partial charge in [-0.1, -0.05) is 23.5 Å². The minimum Gasteiger partial charge on any atom is -0.497 e. The molecule has 3 amide bonds. The zero-order valence-electron chi connectivity index (χ0n) is 19.0. The third-order valence-corrected chi connectivity index (χ3v) is 6.58. The van der Waals surface area contributed by atoms with E-state index in [2.05, 4.69) is 20.8 Å². The van der Waals surface area contributed by atoms with Crippen molar-refractivity contribution in [2.45, 2.75) is 19.3 Å². The summed E-state index contributed by atoms with van der Waals surface area (Å²) in [5.41, 5.74) is 0.730. The normalized spacial score (nSPS) is 13.8. The van der Waals surface area contributed by atoms with Crippen LogP contribution in [0.15, 0.2) is 48.5 Å². The van der Waals surface area contributed by atoms with Crippen LogP contribution in [0.4, 0.5) is 15.8 Å². The van der Waals surface area contributed by atoms with Crippen molar-refractivity contribution in [1.82, 2.24) is 15.1 Å². The predicted octanol–water partition coefficient (Wildman–Crippen LogP) is 3.82. The number of methoxy groups -OCH3 is 1. The summed E-state index contributed by atoms with van der Waals surface area (Å²) in [6.45, 7) is 0.923. The number of nitrogens with one attached hydrogen (secondary N) is 2. The number of halogens is 1. The molecule has 0 atom stereocenters. The summed E-state index contributed by atoms with van der Waals surface area (Å²) in [5.74, 6) is -0.717. The van der Waals surface area contributed by atoms with Gasteiger partial charge in [-0.15, -0.1) is 10.2 Å². The Morgan fingerprint density at radius 1 is 1.03 bits per heavy atom. The van der Waals surface area contributed by atoms with Crippen LogP contribution < -0.4 is 15.4 Å². The van der Waals surface area contributed by atoms with Crippen molar-refractivity contribution in [3.8, 4) is 5.75 Å². The Kier molecular flexibility index (Phi) is 7.66. The molecule has 182 valence electrons. The van der Waals surface area contributed by atoms with Gasteiger partial charge in [-0.05, 0) is 55.2 Å². The van der Waals surface area contributed by atoms with Gasteiger partial charge in [0.05, 0.1) is 12.8 Å². The maximum Gasteiger partial charge on any atom is 0.286 e. The summed E-state index contributed by atoms with van der Waals surface area (Å²) in [6, 6.07) is 12.9. The molecule has 0 aliphatic carbocycles. The number of ether oxygens (including phenoxy) is 1. The van der Waals surface area contributed by atoms with Crippen molar-refractivity contribution in [3.63, 3.8) is 0 Å². The maximum absolute atomic E-state index is 13.7. The molecule has 1 aromatic heterocycles. The fourth-order valence-electron chi connectivity index (χ4n) is 3.76. The van der Waals surface area contributed by atoms with E-state index >= 15 is 0 Å². The van der Waals surface area contributed by atoms with E-state index in [9.17, 15) is 18.8 Å². The average Bonchev–Trinajstić information content (AvgIpc) is 3.37. The van der Waals surface area contributed by atoms with Gasteiger partial charge in [0.15, 0.2) is 0 Å². The number of carbonyl (C=O) groups is 3. The number of hydrogen-bond donors (Lipinski definition) is 2. The van der Waals surface area contributed by atoms with Gasteiger partial charge in [-0.2, -0.15) is 0 Å². The average molecular weight is 498 g/mol. The minimum atomic E-state index is -0.477. The predicted molar refractivity (Wildman–Crippen MR) is 129 cm³/mol. The van der Waals surface area contributed by atoms with Gasteiger partial charge in [0.2, 0.25) is 15.9 Å². The molecule has 2 aromatic carbocycles. The van der Waals surface area contributed by atoms with E-state index in [0.29, 0.717) is 37.4 Å². The van der Waals surface area contributed by atoms with Gasteiger partial charge in [0, 0.05) is 25.2 Å². The Labute approximate surface area is 205 Å². The Bertz CT molecular complexity index is 1210. The molecule has 4 rings (SSSR count). The first-order chi connectivity index (χ1) is 16.9. The standard InChI is InChI=1S/C24H24FN5O4S/c1-34-17-8-6-16(7-9-17)26-21(32)22-28-29-23(35-22)24(33)30-12-10-15(11-13-30)14-20(31)27-19-5-3-2-4-18(19)25/h2-9,15H,10-14H2,1H3,(H,26,32)(H,27,31). The number of rotatable bonds is 7. The number of hydrogen-bond acceptors (Lipinski definition) is 7. The molecule has 2 N–H and O–H groups in total. The van der Waals surface area contributed by atoms with Crippen molar-refractivity contribution in [3.05, 3.63) is 64.4 Å². The first kappa shape index (κ1) is 24.3. The molecule has 1 aliphatic heterocycles. The van der Waals surface area contributed by atoms with Crippen LogP contribution in [0.25, 0.3) is 0 Å². The van der Waals surface area contributed by atoms with Crippen molar-refractivity contribution in [2.75, 3.05) is 30.8 Å². The van der Waals surface area contributed by atoms with E-state index < -0.39 is 11.7 Å². The highest BCUT2D eigenvalue weighted by molar-refractivity contribution is 7.15. The summed E-state index contributed by atoms with van der Waals surface area (Å²) >= 11 is 0.934. The summed E-state index contributed by atoms with van der Waals surface area (Å²) in [4.78, 5) is 39.2. The van der Waals surface area contributed by atoms with Crippen LogP contribution >= 0.6 is 11.3 Å². The number of carbonyl (C=O) groups excluding carboxylic acids is 3. The second kappa shape index (κ2) is 11.0. The van der Waals surface area contributed by atoms with E-state index in [4.69, 9.17) is 4.74 Å². The molecular formula is C24H24FN5O4S.